The number of carbonyl (C=O) groups is 2. The first-order chi connectivity index (χ1) is 8.00. The highest BCUT2D eigenvalue weighted by molar-refractivity contribution is 5.79. The molecule has 2 amide bonds. The maximum atomic E-state index is 11.5. The molecule has 0 bridgehead atoms. The Hall–Kier alpha value is -2.11. The average Bonchev–Trinajstić information content (AvgIpc) is 2.26. The molecule has 0 unspecified atom stereocenters. The van der Waals surface area contributed by atoms with Crippen LogP contribution in [0.25, 0.3) is 0 Å². The van der Waals surface area contributed by atoms with Gasteiger partial charge in [0.2, 0.25) is 0 Å². The summed E-state index contributed by atoms with van der Waals surface area (Å²) in [6.07, 6.45) is 3.36. The minimum Gasteiger partial charge on any atom is -0.480 e. The van der Waals surface area contributed by atoms with Crippen LogP contribution in [0.5, 0.6) is 0 Å². The Morgan fingerprint density at radius 2 is 2.24 bits per heavy atom. The Kier molecular flexibility index (Phi) is 4.45. The first-order valence-electron chi connectivity index (χ1n) is 5.11. The number of carboxylic acid groups (broad SMARTS) is 1. The molecule has 92 valence electrons. The van der Waals surface area contributed by atoms with Crippen molar-refractivity contribution < 1.29 is 14.7 Å². The van der Waals surface area contributed by atoms with Crippen LogP contribution >= 0.6 is 0 Å². The molecule has 0 aromatic carbocycles. The van der Waals surface area contributed by atoms with E-state index in [9.17, 15) is 9.59 Å². The van der Waals surface area contributed by atoms with Crippen LogP contribution in [0, 0.1) is 6.92 Å². The summed E-state index contributed by atoms with van der Waals surface area (Å²) in [7, 11) is 1.43. The lowest BCUT2D eigenvalue weighted by Crippen LogP contribution is -2.39. The minimum absolute atomic E-state index is 0.318. The summed E-state index contributed by atoms with van der Waals surface area (Å²) in [6.45, 7) is 1.94. The number of aromatic nitrogens is 1. The van der Waals surface area contributed by atoms with E-state index in [1.54, 1.807) is 12.4 Å². The number of likely N-dealkylation sites (N-methyl/N-ethyl adjacent to an activating group) is 1. The fourth-order valence-corrected chi connectivity index (χ4v) is 1.28. The molecule has 0 radical (unpaired) electrons. The molecule has 0 fully saturated rings. The molecule has 0 atom stereocenters. The minimum atomic E-state index is -1.04. The van der Waals surface area contributed by atoms with Crippen molar-refractivity contribution in [3.63, 3.8) is 0 Å². The van der Waals surface area contributed by atoms with E-state index in [-0.39, 0.29) is 6.54 Å². The number of hydrogen-bond donors (Lipinski definition) is 2. The van der Waals surface area contributed by atoms with E-state index in [1.165, 1.54) is 7.05 Å². The van der Waals surface area contributed by atoms with Crippen molar-refractivity contribution in [1.29, 1.82) is 0 Å². The van der Waals surface area contributed by atoms with Crippen molar-refractivity contribution in [1.82, 2.24) is 15.2 Å². The number of aryl methyl sites for hydroxylation is 1. The van der Waals surface area contributed by atoms with Gasteiger partial charge in [-0.05, 0) is 24.1 Å². The van der Waals surface area contributed by atoms with E-state index in [0.29, 0.717) is 6.54 Å². The maximum Gasteiger partial charge on any atom is 0.323 e. The number of carbonyl (C=O) groups excluding carboxylic acids is 1. The third kappa shape index (κ3) is 4.10. The van der Waals surface area contributed by atoms with Crippen molar-refractivity contribution in [2.45, 2.75) is 13.5 Å². The normalized spacial score (nSPS) is 9.76. The Bertz CT molecular complexity index is 420. The number of nitrogens with one attached hydrogen (secondary N) is 1. The molecule has 1 aromatic rings. The van der Waals surface area contributed by atoms with Gasteiger partial charge in [0.1, 0.15) is 6.54 Å². The number of rotatable bonds is 4. The molecule has 0 aliphatic rings. The number of carboxylic acids is 1. The number of hydrogen-bond acceptors (Lipinski definition) is 3. The first kappa shape index (κ1) is 13.0. The van der Waals surface area contributed by atoms with Crippen molar-refractivity contribution in [3.05, 3.63) is 29.6 Å². The summed E-state index contributed by atoms with van der Waals surface area (Å²) in [4.78, 5) is 27.0. The Labute approximate surface area is 99.3 Å². The van der Waals surface area contributed by atoms with Gasteiger partial charge >= 0.3 is 12.0 Å². The topological polar surface area (TPSA) is 82.5 Å². The number of urea groups is 1. The molecule has 2 N–H and O–H groups in total. The zero-order valence-electron chi connectivity index (χ0n) is 9.80. The SMILES string of the molecule is Cc1cnccc1CNC(=O)N(C)CC(=O)O. The predicted molar refractivity (Wildman–Crippen MR) is 61.5 cm³/mol. The summed E-state index contributed by atoms with van der Waals surface area (Å²) in [5, 5.41) is 11.2. The van der Waals surface area contributed by atoms with Gasteiger partial charge in [-0.3, -0.25) is 9.78 Å². The molecule has 17 heavy (non-hydrogen) atoms. The van der Waals surface area contributed by atoms with Crippen LogP contribution in [0.3, 0.4) is 0 Å². The lowest BCUT2D eigenvalue weighted by molar-refractivity contribution is -0.137. The third-order valence-electron chi connectivity index (χ3n) is 2.29. The van der Waals surface area contributed by atoms with Gasteiger partial charge < -0.3 is 15.3 Å². The fourth-order valence-electron chi connectivity index (χ4n) is 1.28. The van der Waals surface area contributed by atoms with Crippen molar-refractivity contribution in [2.24, 2.45) is 0 Å². The van der Waals surface area contributed by atoms with Gasteiger partial charge in [-0.1, -0.05) is 0 Å². The first-order valence-corrected chi connectivity index (χ1v) is 5.11. The van der Waals surface area contributed by atoms with E-state index < -0.39 is 12.0 Å². The van der Waals surface area contributed by atoms with Crippen LogP contribution < -0.4 is 5.32 Å². The van der Waals surface area contributed by atoms with Gasteiger partial charge in [0.15, 0.2) is 0 Å². The molecule has 6 heteroatoms. The molecule has 6 nitrogen and oxygen atoms in total. The average molecular weight is 237 g/mol. The quantitative estimate of drug-likeness (QED) is 0.804. The van der Waals surface area contributed by atoms with E-state index >= 15 is 0 Å². The molecule has 0 saturated heterocycles. The number of nitrogens with zero attached hydrogens (tertiary/aromatic N) is 2. The van der Waals surface area contributed by atoms with Gasteiger partial charge in [0.25, 0.3) is 0 Å². The molecular formula is C11H15N3O3. The molecular weight excluding hydrogens is 222 g/mol. The van der Waals surface area contributed by atoms with Crippen molar-refractivity contribution >= 4 is 12.0 Å². The number of aliphatic carboxylic acids is 1. The smallest absolute Gasteiger partial charge is 0.323 e. The van der Waals surface area contributed by atoms with E-state index in [0.717, 1.165) is 16.0 Å². The summed E-state index contributed by atoms with van der Waals surface area (Å²) in [6, 6.07) is 1.40. The largest absolute Gasteiger partial charge is 0.480 e. The predicted octanol–water partition coefficient (Wildman–Crippen LogP) is 0.616. The van der Waals surface area contributed by atoms with Crippen LogP contribution in [0.15, 0.2) is 18.5 Å². The Morgan fingerprint density at radius 1 is 1.53 bits per heavy atom. The Morgan fingerprint density at radius 3 is 2.82 bits per heavy atom. The van der Waals surface area contributed by atoms with Crippen LogP contribution in [0.1, 0.15) is 11.1 Å². The summed E-state index contributed by atoms with van der Waals surface area (Å²) >= 11 is 0. The van der Waals surface area contributed by atoms with Crippen molar-refractivity contribution in [2.75, 3.05) is 13.6 Å². The highest BCUT2D eigenvalue weighted by atomic mass is 16.4. The van der Waals surface area contributed by atoms with Gasteiger partial charge in [-0.25, -0.2) is 4.79 Å². The summed E-state index contributed by atoms with van der Waals surface area (Å²) < 4.78 is 0. The molecule has 1 aromatic heterocycles. The standard InChI is InChI=1S/C11H15N3O3/c1-8-5-12-4-3-9(8)6-13-11(17)14(2)7-10(15)16/h3-5H,6-7H2,1-2H3,(H,13,17)(H,15,16). The number of amides is 2. The van der Waals surface area contributed by atoms with Gasteiger partial charge in [-0.2, -0.15) is 0 Å². The fraction of sp³-hybridized carbons (Fsp3) is 0.364. The van der Waals surface area contributed by atoms with Crippen LogP contribution in [0.4, 0.5) is 4.79 Å². The van der Waals surface area contributed by atoms with E-state index in [2.05, 4.69) is 10.3 Å². The lowest BCUT2D eigenvalue weighted by atomic mass is 10.1. The monoisotopic (exact) mass is 237 g/mol. The molecule has 0 spiro atoms. The highest BCUT2D eigenvalue weighted by Crippen LogP contribution is 2.04. The van der Waals surface area contributed by atoms with Crippen LogP contribution in [-0.4, -0.2) is 40.6 Å². The van der Waals surface area contributed by atoms with Gasteiger partial charge in [-0.15, -0.1) is 0 Å². The second kappa shape index (κ2) is 5.83. The lowest BCUT2D eigenvalue weighted by Gasteiger charge is -2.16. The summed E-state index contributed by atoms with van der Waals surface area (Å²) in [5.74, 6) is -1.04. The second-order valence-electron chi connectivity index (χ2n) is 3.71. The van der Waals surface area contributed by atoms with Gasteiger partial charge in [0.05, 0.1) is 0 Å². The molecule has 1 heterocycles. The Balaban J connectivity index is 2.48. The molecule has 0 aliphatic carbocycles. The second-order valence-corrected chi connectivity index (χ2v) is 3.71. The van der Waals surface area contributed by atoms with Gasteiger partial charge in [0, 0.05) is 26.0 Å². The van der Waals surface area contributed by atoms with Crippen LogP contribution in [-0.2, 0) is 11.3 Å². The maximum absolute atomic E-state index is 11.5. The van der Waals surface area contributed by atoms with Crippen LogP contribution in [0.2, 0.25) is 0 Å². The number of pyridine rings is 1. The molecule has 1 rings (SSSR count). The zero-order valence-corrected chi connectivity index (χ0v) is 9.80. The highest BCUT2D eigenvalue weighted by Gasteiger charge is 2.11. The molecule has 0 aliphatic heterocycles. The zero-order chi connectivity index (χ0) is 12.8. The molecule has 0 saturated carbocycles. The van der Waals surface area contributed by atoms with E-state index in [1.807, 2.05) is 13.0 Å². The van der Waals surface area contributed by atoms with E-state index in [4.69, 9.17) is 5.11 Å². The van der Waals surface area contributed by atoms with Crippen molar-refractivity contribution in [3.8, 4) is 0 Å². The third-order valence-corrected chi connectivity index (χ3v) is 2.29. The summed E-state index contributed by atoms with van der Waals surface area (Å²) in [5.41, 5.74) is 1.94.